The van der Waals surface area contributed by atoms with Crippen LogP contribution < -0.4 is 21.3 Å². The molecule has 44 heavy (non-hydrogen) atoms. The highest BCUT2D eigenvalue weighted by molar-refractivity contribution is 6.07. The number of nitrogens with one attached hydrogen (secondary N) is 2. The molecule has 1 aliphatic heterocycles. The van der Waals surface area contributed by atoms with Gasteiger partial charge in [-0.3, -0.25) is 14.4 Å². The largest absolute Gasteiger partial charge is 0.368 e. The second kappa shape index (κ2) is 13.7. The van der Waals surface area contributed by atoms with Crippen LogP contribution in [-0.2, 0) is 0 Å². The topological polar surface area (TPSA) is 132 Å². The average Bonchev–Trinajstić information content (AvgIpc) is 3.27. The number of carbonyl (C=O) groups is 3. The summed E-state index contributed by atoms with van der Waals surface area (Å²) in [6.45, 7) is 1.59. The van der Waals surface area contributed by atoms with Crippen LogP contribution >= 0.6 is 0 Å². The molecule has 0 radical (unpaired) electrons. The number of amides is 3. The van der Waals surface area contributed by atoms with Crippen molar-refractivity contribution < 1.29 is 23.2 Å². The van der Waals surface area contributed by atoms with Crippen molar-refractivity contribution in [3.63, 3.8) is 0 Å². The van der Waals surface area contributed by atoms with E-state index in [-0.39, 0.29) is 30.1 Å². The van der Waals surface area contributed by atoms with Crippen molar-refractivity contribution in [1.29, 1.82) is 5.26 Å². The minimum absolute atomic E-state index is 0.0272. The zero-order valence-electron chi connectivity index (χ0n) is 24.2. The zero-order chi connectivity index (χ0) is 31.2. The Hall–Kier alpha value is -4.82. The second-order valence-electron chi connectivity index (χ2n) is 11.3. The van der Waals surface area contributed by atoms with Gasteiger partial charge in [-0.15, -0.1) is 0 Å². The molecule has 0 atom stereocenters. The number of anilines is 2. The van der Waals surface area contributed by atoms with Gasteiger partial charge in [0.15, 0.2) is 0 Å². The van der Waals surface area contributed by atoms with Gasteiger partial charge in [-0.25, -0.2) is 8.78 Å². The van der Waals surface area contributed by atoms with Crippen molar-refractivity contribution in [2.75, 3.05) is 36.4 Å². The number of rotatable bonds is 6. The fourth-order valence-electron chi connectivity index (χ4n) is 5.70. The van der Waals surface area contributed by atoms with E-state index in [0.29, 0.717) is 54.1 Å². The fraction of sp³-hybridized carbons (Fsp3) is 0.333. The van der Waals surface area contributed by atoms with Crippen molar-refractivity contribution in [3.05, 3.63) is 94.6 Å². The Morgan fingerprint density at radius 2 is 1.48 bits per heavy atom. The molecule has 3 aromatic rings. The van der Waals surface area contributed by atoms with Gasteiger partial charge >= 0.3 is 0 Å². The quantitative estimate of drug-likeness (QED) is 0.384. The van der Waals surface area contributed by atoms with E-state index < -0.39 is 23.4 Å². The summed E-state index contributed by atoms with van der Waals surface area (Å²) in [5.41, 5.74) is 8.20. The van der Waals surface area contributed by atoms with Gasteiger partial charge in [-0.05, 0) is 86.7 Å². The van der Waals surface area contributed by atoms with E-state index in [1.165, 1.54) is 0 Å². The fourth-order valence-corrected chi connectivity index (χ4v) is 5.70. The number of hydrogen-bond donors (Lipinski definition) is 3. The summed E-state index contributed by atoms with van der Waals surface area (Å²) >= 11 is 0. The molecule has 2 fully saturated rings. The number of hydrogen-bond acceptors (Lipinski definition) is 6. The van der Waals surface area contributed by atoms with Gasteiger partial charge in [0, 0.05) is 61.0 Å². The summed E-state index contributed by atoms with van der Waals surface area (Å²) in [7, 11) is 0. The maximum Gasteiger partial charge on any atom is 0.255 e. The van der Waals surface area contributed by atoms with E-state index >= 15 is 0 Å². The first-order valence-electron chi connectivity index (χ1n) is 14.7. The Bertz CT molecular complexity index is 1560. The van der Waals surface area contributed by atoms with Crippen LogP contribution in [0.15, 0.2) is 60.7 Å². The lowest BCUT2D eigenvalue weighted by molar-refractivity contribution is 0.0765. The van der Waals surface area contributed by atoms with E-state index in [0.717, 1.165) is 43.9 Å². The highest BCUT2D eigenvalue weighted by Gasteiger charge is 2.25. The first-order chi connectivity index (χ1) is 21.2. The predicted octanol–water partition coefficient (Wildman–Crippen LogP) is 4.44. The molecule has 1 saturated heterocycles. The number of benzene rings is 3. The van der Waals surface area contributed by atoms with Gasteiger partial charge in [-0.1, -0.05) is 0 Å². The van der Waals surface area contributed by atoms with Crippen molar-refractivity contribution in [3.8, 4) is 6.07 Å². The van der Waals surface area contributed by atoms with Crippen LogP contribution in [0.1, 0.15) is 68.7 Å². The van der Waals surface area contributed by atoms with Crippen LogP contribution in [0.2, 0.25) is 0 Å². The summed E-state index contributed by atoms with van der Waals surface area (Å²) in [6.07, 6.45) is 3.87. The first kappa shape index (κ1) is 30.6. The molecule has 4 N–H and O–H groups in total. The van der Waals surface area contributed by atoms with Gasteiger partial charge in [-0.2, -0.15) is 5.26 Å². The van der Waals surface area contributed by atoms with Crippen molar-refractivity contribution in [1.82, 2.24) is 10.2 Å². The Labute approximate surface area is 254 Å². The Balaban J connectivity index is 1.37. The number of nitriles is 1. The van der Waals surface area contributed by atoms with Crippen LogP contribution in [0, 0.1) is 23.0 Å². The van der Waals surface area contributed by atoms with Crippen LogP contribution in [0.25, 0.3) is 0 Å². The SMILES string of the molecule is N#Cc1ccc(C(=O)Nc2cc(C(=O)NC3CCC(N)CC3)ccc2N2CCCN(C(=O)c3cc(F)cc(F)c3)CC2)cc1. The van der Waals surface area contributed by atoms with Crippen molar-refractivity contribution >= 4 is 29.1 Å². The molecule has 0 aromatic heterocycles. The van der Waals surface area contributed by atoms with Crippen LogP contribution in [0.3, 0.4) is 0 Å². The third kappa shape index (κ3) is 7.38. The predicted molar refractivity (Wildman–Crippen MR) is 162 cm³/mol. The molecule has 0 unspecified atom stereocenters. The van der Waals surface area contributed by atoms with Gasteiger partial charge in [0.1, 0.15) is 11.6 Å². The molecule has 9 nitrogen and oxygen atoms in total. The summed E-state index contributed by atoms with van der Waals surface area (Å²) in [5, 5.41) is 15.1. The van der Waals surface area contributed by atoms with Crippen molar-refractivity contribution in [2.24, 2.45) is 5.73 Å². The Morgan fingerprint density at radius 1 is 0.795 bits per heavy atom. The van der Waals surface area contributed by atoms with Crippen molar-refractivity contribution in [2.45, 2.75) is 44.2 Å². The normalized spacial score (nSPS) is 18.6. The monoisotopic (exact) mass is 600 g/mol. The molecule has 228 valence electrons. The lowest BCUT2D eigenvalue weighted by Crippen LogP contribution is -2.40. The van der Waals surface area contributed by atoms with Crippen LogP contribution in [0.5, 0.6) is 0 Å². The van der Waals surface area contributed by atoms with Gasteiger partial charge in [0.2, 0.25) is 0 Å². The van der Waals surface area contributed by atoms with E-state index in [1.54, 1.807) is 47.4 Å². The molecule has 3 aromatic carbocycles. The average molecular weight is 601 g/mol. The molecule has 2 aliphatic rings. The van der Waals surface area contributed by atoms with E-state index in [9.17, 15) is 23.2 Å². The van der Waals surface area contributed by atoms with E-state index in [4.69, 9.17) is 11.0 Å². The molecule has 1 saturated carbocycles. The molecule has 1 heterocycles. The number of halogens is 2. The number of nitrogens with zero attached hydrogens (tertiary/aromatic N) is 3. The molecule has 5 rings (SSSR count). The molecule has 3 amide bonds. The van der Waals surface area contributed by atoms with Crippen LogP contribution in [-0.4, -0.2) is 60.9 Å². The molecule has 11 heteroatoms. The summed E-state index contributed by atoms with van der Waals surface area (Å²) in [6, 6.07) is 16.3. The minimum atomic E-state index is -0.816. The van der Waals surface area contributed by atoms with Gasteiger partial charge in [0.05, 0.1) is 23.0 Å². The standard InChI is InChI=1S/C33H34F2N6O3/c34-25-16-24(17-26(35)19-25)33(44)41-13-1-12-40(14-15-41)30-11-6-23(32(43)38-28-9-7-27(37)8-10-28)18-29(30)39-31(42)22-4-2-21(20-36)3-5-22/h2-6,11,16-19,27-28H,1,7-10,12-15,37H2,(H,38,43)(H,39,42). The third-order valence-electron chi connectivity index (χ3n) is 8.12. The highest BCUT2D eigenvalue weighted by atomic mass is 19.1. The highest BCUT2D eigenvalue weighted by Crippen LogP contribution is 2.30. The summed E-state index contributed by atoms with van der Waals surface area (Å²) < 4.78 is 27.5. The van der Waals surface area contributed by atoms with E-state index in [2.05, 4.69) is 10.6 Å². The van der Waals surface area contributed by atoms with Gasteiger partial charge in [0.25, 0.3) is 17.7 Å². The smallest absolute Gasteiger partial charge is 0.255 e. The molecule has 0 bridgehead atoms. The Morgan fingerprint density at radius 3 is 2.16 bits per heavy atom. The molecular weight excluding hydrogens is 566 g/mol. The molecule has 1 aliphatic carbocycles. The minimum Gasteiger partial charge on any atom is -0.368 e. The second-order valence-corrected chi connectivity index (χ2v) is 11.3. The number of carbonyl (C=O) groups excluding carboxylic acids is 3. The zero-order valence-corrected chi connectivity index (χ0v) is 24.2. The lowest BCUT2D eigenvalue weighted by atomic mass is 9.91. The maximum atomic E-state index is 13.8. The van der Waals surface area contributed by atoms with Crippen LogP contribution in [0.4, 0.5) is 20.2 Å². The Kier molecular flexibility index (Phi) is 9.50. The third-order valence-corrected chi connectivity index (χ3v) is 8.12. The summed E-state index contributed by atoms with van der Waals surface area (Å²) in [4.78, 5) is 43.1. The molecular formula is C33H34F2N6O3. The lowest BCUT2D eigenvalue weighted by Gasteiger charge is -2.28. The van der Waals surface area contributed by atoms with Gasteiger partial charge < -0.3 is 26.2 Å². The van der Waals surface area contributed by atoms with E-state index in [1.807, 2.05) is 11.0 Å². The number of nitrogens with two attached hydrogens (primary N) is 1. The maximum absolute atomic E-state index is 13.8. The first-order valence-corrected chi connectivity index (χ1v) is 14.7. The summed E-state index contributed by atoms with van der Waals surface area (Å²) in [5.74, 6) is -2.75. The molecule has 0 spiro atoms.